The van der Waals surface area contributed by atoms with E-state index in [9.17, 15) is 5.11 Å². The number of likely N-dealkylation sites (tertiary alicyclic amines) is 1. The van der Waals surface area contributed by atoms with Gasteiger partial charge in [-0.2, -0.15) is 0 Å². The van der Waals surface area contributed by atoms with Crippen LogP contribution >= 0.6 is 0 Å². The minimum absolute atomic E-state index is 0.182. The van der Waals surface area contributed by atoms with Gasteiger partial charge in [0, 0.05) is 31.7 Å². The summed E-state index contributed by atoms with van der Waals surface area (Å²) in [6.07, 6.45) is 4.84. The average molecular weight is 282 g/mol. The lowest BCUT2D eigenvalue weighted by molar-refractivity contribution is 0.0229. The molecule has 1 heterocycles. The van der Waals surface area contributed by atoms with Crippen LogP contribution in [0.1, 0.15) is 53.4 Å². The third-order valence-corrected chi connectivity index (χ3v) is 5.17. The first-order valence-electron chi connectivity index (χ1n) is 8.62. The van der Waals surface area contributed by atoms with Gasteiger partial charge in [-0.25, -0.2) is 0 Å². The van der Waals surface area contributed by atoms with Gasteiger partial charge >= 0.3 is 0 Å². The van der Waals surface area contributed by atoms with Gasteiger partial charge in [0.25, 0.3) is 0 Å². The maximum absolute atomic E-state index is 10.1. The highest BCUT2D eigenvalue weighted by Gasteiger charge is 2.39. The SMILES string of the molecule is CC(C)CC(O)CNC1C2CCCC1CN(C(C)C)C2. The van der Waals surface area contributed by atoms with E-state index in [0.717, 1.165) is 24.8 Å². The molecular formula is C17H34N2O. The monoisotopic (exact) mass is 282 g/mol. The van der Waals surface area contributed by atoms with Crippen LogP contribution in [0.3, 0.4) is 0 Å². The predicted molar refractivity (Wildman–Crippen MR) is 84.8 cm³/mol. The molecule has 0 aromatic rings. The van der Waals surface area contributed by atoms with Gasteiger partial charge in [0.15, 0.2) is 0 Å². The molecule has 118 valence electrons. The molecule has 3 atom stereocenters. The van der Waals surface area contributed by atoms with Crippen molar-refractivity contribution in [2.75, 3.05) is 19.6 Å². The Morgan fingerprint density at radius 2 is 1.70 bits per heavy atom. The molecule has 0 radical (unpaired) electrons. The highest BCUT2D eigenvalue weighted by atomic mass is 16.3. The molecule has 1 aliphatic carbocycles. The topological polar surface area (TPSA) is 35.5 Å². The van der Waals surface area contributed by atoms with Crippen LogP contribution in [-0.2, 0) is 0 Å². The van der Waals surface area contributed by atoms with Crippen molar-refractivity contribution in [2.45, 2.75) is 71.6 Å². The van der Waals surface area contributed by atoms with Crippen molar-refractivity contribution < 1.29 is 5.11 Å². The number of nitrogens with one attached hydrogen (secondary N) is 1. The standard InChI is InChI=1S/C17H34N2O/c1-12(2)8-16(20)9-18-17-14-6-5-7-15(17)11-19(10-14)13(3)4/h12-18,20H,5-11H2,1-4H3. The van der Waals surface area contributed by atoms with E-state index < -0.39 is 0 Å². The number of aliphatic hydroxyl groups is 1. The van der Waals surface area contributed by atoms with Crippen molar-refractivity contribution >= 4 is 0 Å². The van der Waals surface area contributed by atoms with Gasteiger partial charge in [-0.05, 0) is 50.9 Å². The first-order chi connectivity index (χ1) is 9.47. The Morgan fingerprint density at radius 1 is 1.10 bits per heavy atom. The van der Waals surface area contributed by atoms with E-state index in [1.54, 1.807) is 0 Å². The zero-order chi connectivity index (χ0) is 14.7. The Balaban J connectivity index is 1.85. The lowest BCUT2D eigenvalue weighted by atomic mass is 9.73. The minimum Gasteiger partial charge on any atom is -0.392 e. The Labute approximate surface area is 125 Å². The molecule has 2 N–H and O–H groups in total. The lowest BCUT2D eigenvalue weighted by Crippen LogP contribution is -2.59. The Bertz CT molecular complexity index is 279. The molecule has 20 heavy (non-hydrogen) atoms. The lowest BCUT2D eigenvalue weighted by Gasteiger charge is -2.49. The summed E-state index contributed by atoms with van der Waals surface area (Å²) in [4.78, 5) is 2.65. The van der Waals surface area contributed by atoms with Crippen molar-refractivity contribution in [3.63, 3.8) is 0 Å². The average Bonchev–Trinajstić information content (AvgIpc) is 2.34. The zero-order valence-electron chi connectivity index (χ0n) is 13.8. The quantitative estimate of drug-likeness (QED) is 0.786. The van der Waals surface area contributed by atoms with E-state index in [0.29, 0.717) is 18.0 Å². The maximum Gasteiger partial charge on any atom is 0.0667 e. The number of rotatable bonds is 6. The molecule has 0 aromatic heterocycles. The van der Waals surface area contributed by atoms with Gasteiger partial charge in [-0.1, -0.05) is 20.3 Å². The summed E-state index contributed by atoms with van der Waals surface area (Å²) in [7, 11) is 0. The molecule has 2 fully saturated rings. The van der Waals surface area contributed by atoms with E-state index in [4.69, 9.17) is 0 Å². The van der Waals surface area contributed by atoms with E-state index in [2.05, 4.69) is 37.9 Å². The van der Waals surface area contributed by atoms with Crippen molar-refractivity contribution in [3.8, 4) is 0 Å². The summed E-state index contributed by atoms with van der Waals surface area (Å²) in [6.45, 7) is 12.2. The maximum atomic E-state index is 10.1. The van der Waals surface area contributed by atoms with Crippen LogP contribution in [-0.4, -0.2) is 47.8 Å². The van der Waals surface area contributed by atoms with Gasteiger partial charge in [0.1, 0.15) is 0 Å². The van der Waals surface area contributed by atoms with E-state index in [1.165, 1.54) is 32.4 Å². The number of nitrogens with zero attached hydrogens (tertiary/aromatic N) is 1. The molecule has 3 nitrogen and oxygen atoms in total. The molecule has 2 bridgehead atoms. The van der Waals surface area contributed by atoms with Gasteiger partial charge in [-0.15, -0.1) is 0 Å². The summed E-state index contributed by atoms with van der Waals surface area (Å²) in [5.41, 5.74) is 0. The molecule has 1 saturated carbocycles. The van der Waals surface area contributed by atoms with Crippen molar-refractivity contribution in [1.82, 2.24) is 10.2 Å². The molecular weight excluding hydrogens is 248 g/mol. The van der Waals surface area contributed by atoms with Crippen LogP contribution in [0.15, 0.2) is 0 Å². The second kappa shape index (κ2) is 7.24. The number of aliphatic hydroxyl groups excluding tert-OH is 1. The highest BCUT2D eigenvalue weighted by Crippen LogP contribution is 2.35. The molecule has 0 spiro atoms. The van der Waals surface area contributed by atoms with E-state index >= 15 is 0 Å². The fourth-order valence-corrected chi connectivity index (χ4v) is 4.13. The van der Waals surface area contributed by atoms with Crippen LogP contribution in [0.4, 0.5) is 0 Å². The Kier molecular flexibility index (Phi) is 5.88. The van der Waals surface area contributed by atoms with Gasteiger partial charge in [-0.3, -0.25) is 0 Å². The molecule has 0 aromatic carbocycles. The van der Waals surface area contributed by atoms with Gasteiger partial charge in [0.05, 0.1) is 6.10 Å². The van der Waals surface area contributed by atoms with Crippen LogP contribution in [0.25, 0.3) is 0 Å². The number of hydrogen-bond donors (Lipinski definition) is 2. The normalized spacial score (nSPS) is 32.9. The number of piperidine rings is 1. The molecule has 3 unspecified atom stereocenters. The summed E-state index contributed by atoms with van der Waals surface area (Å²) >= 11 is 0. The molecule has 2 rings (SSSR count). The first kappa shape index (κ1) is 16.3. The second-order valence-corrected chi connectivity index (χ2v) is 7.72. The van der Waals surface area contributed by atoms with Crippen molar-refractivity contribution in [3.05, 3.63) is 0 Å². The summed E-state index contributed by atoms with van der Waals surface area (Å²) in [5, 5.41) is 13.8. The van der Waals surface area contributed by atoms with Crippen LogP contribution < -0.4 is 5.32 Å². The van der Waals surface area contributed by atoms with Gasteiger partial charge in [0.2, 0.25) is 0 Å². The number of fused-ring (bicyclic) bond motifs is 2. The molecule has 3 heteroatoms. The number of hydrogen-bond acceptors (Lipinski definition) is 3. The summed E-state index contributed by atoms with van der Waals surface area (Å²) < 4.78 is 0. The minimum atomic E-state index is -0.182. The summed E-state index contributed by atoms with van der Waals surface area (Å²) in [5.74, 6) is 2.15. The zero-order valence-corrected chi connectivity index (χ0v) is 13.8. The molecule has 0 amide bonds. The van der Waals surface area contributed by atoms with Crippen molar-refractivity contribution in [1.29, 1.82) is 0 Å². The third-order valence-electron chi connectivity index (χ3n) is 5.17. The smallest absolute Gasteiger partial charge is 0.0667 e. The molecule has 1 saturated heterocycles. The largest absolute Gasteiger partial charge is 0.392 e. The highest BCUT2D eigenvalue weighted by molar-refractivity contribution is 4.95. The van der Waals surface area contributed by atoms with Crippen LogP contribution in [0.2, 0.25) is 0 Å². The Morgan fingerprint density at radius 3 is 2.20 bits per heavy atom. The van der Waals surface area contributed by atoms with Gasteiger partial charge < -0.3 is 15.3 Å². The van der Waals surface area contributed by atoms with E-state index in [-0.39, 0.29) is 6.10 Å². The molecule has 1 aliphatic heterocycles. The fraction of sp³-hybridized carbons (Fsp3) is 1.00. The third kappa shape index (κ3) is 4.19. The first-order valence-corrected chi connectivity index (χ1v) is 8.62. The Hall–Kier alpha value is -0.120. The van der Waals surface area contributed by atoms with Crippen molar-refractivity contribution in [2.24, 2.45) is 17.8 Å². The predicted octanol–water partition coefficient (Wildman–Crippen LogP) is 2.49. The summed E-state index contributed by atoms with van der Waals surface area (Å²) in [6, 6.07) is 1.31. The van der Waals surface area contributed by atoms with Crippen LogP contribution in [0.5, 0.6) is 0 Å². The van der Waals surface area contributed by atoms with E-state index in [1.807, 2.05) is 0 Å². The second-order valence-electron chi connectivity index (χ2n) is 7.72. The molecule has 2 aliphatic rings. The fourth-order valence-electron chi connectivity index (χ4n) is 4.13. The van der Waals surface area contributed by atoms with Crippen LogP contribution in [0, 0.1) is 17.8 Å².